The summed E-state index contributed by atoms with van der Waals surface area (Å²) in [6, 6.07) is 0. The number of nitrogens with two attached hydrogens (primary N) is 1. The van der Waals surface area contributed by atoms with E-state index in [1.807, 2.05) is 0 Å². The van der Waals surface area contributed by atoms with Crippen LogP contribution in [-0.2, 0) is 0 Å². The summed E-state index contributed by atoms with van der Waals surface area (Å²) in [5.74, 6) is 2.34. The third-order valence-electron chi connectivity index (χ3n) is 5.46. The maximum absolute atomic E-state index is 6.45. The van der Waals surface area contributed by atoms with Crippen LogP contribution in [0.1, 0.15) is 32.1 Å². The van der Waals surface area contributed by atoms with Crippen LogP contribution in [0.5, 0.6) is 0 Å². The van der Waals surface area contributed by atoms with Gasteiger partial charge in [-0.1, -0.05) is 36.5 Å². The van der Waals surface area contributed by atoms with E-state index in [-0.39, 0.29) is 0 Å². The van der Waals surface area contributed by atoms with E-state index in [1.165, 1.54) is 25.0 Å². The minimum atomic E-state index is 0.560. The average molecular weight is 285 g/mol. The molecule has 5 atom stereocenters. The molecule has 1 aliphatic heterocycles. The van der Waals surface area contributed by atoms with E-state index >= 15 is 0 Å². The van der Waals surface area contributed by atoms with Gasteiger partial charge in [-0.3, -0.25) is 0 Å². The molecule has 0 aromatic rings. The summed E-state index contributed by atoms with van der Waals surface area (Å²) < 4.78 is 0. The first-order valence-corrected chi connectivity index (χ1v) is 8.93. The van der Waals surface area contributed by atoms with Crippen molar-refractivity contribution >= 4 is 11.8 Å². The van der Waals surface area contributed by atoms with Gasteiger partial charge in [-0.05, 0) is 49.5 Å². The molecule has 0 spiro atoms. The third kappa shape index (κ3) is 2.00. The molecule has 1 saturated heterocycles. The minimum absolute atomic E-state index is 0.560. The minimum Gasteiger partial charge on any atom is -0.402 e. The molecule has 0 aromatic carbocycles. The topological polar surface area (TPSA) is 26.0 Å². The lowest BCUT2D eigenvalue weighted by molar-refractivity contribution is 0.305. The fourth-order valence-corrected chi connectivity index (χ4v) is 6.60. The van der Waals surface area contributed by atoms with Crippen LogP contribution in [0.15, 0.2) is 47.7 Å². The van der Waals surface area contributed by atoms with Gasteiger partial charge in [0.05, 0.1) is 0 Å². The van der Waals surface area contributed by atoms with Crippen molar-refractivity contribution in [1.29, 1.82) is 0 Å². The second-order valence-electron chi connectivity index (χ2n) is 6.53. The summed E-state index contributed by atoms with van der Waals surface area (Å²) in [6.45, 7) is 0. The Kier molecular flexibility index (Phi) is 3.30. The van der Waals surface area contributed by atoms with Gasteiger partial charge in [0, 0.05) is 22.1 Å². The van der Waals surface area contributed by atoms with E-state index in [0.717, 1.165) is 29.9 Å². The van der Waals surface area contributed by atoms with Crippen molar-refractivity contribution in [3.8, 4) is 0 Å². The fourth-order valence-electron chi connectivity index (χ4n) is 4.50. The Morgan fingerprint density at radius 3 is 2.85 bits per heavy atom. The maximum atomic E-state index is 6.45. The maximum Gasteiger partial charge on any atom is 0.0319 e. The number of thioether (sulfide) groups is 1. The summed E-state index contributed by atoms with van der Waals surface area (Å²) in [7, 11) is 0. The van der Waals surface area contributed by atoms with Gasteiger partial charge in [0.2, 0.25) is 0 Å². The van der Waals surface area contributed by atoms with Gasteiger partial charge < -0.3 is 5.73 Å². The van der Waals surface area contributed by atoms with Crippen LogP contribution in [0.3, 0.4) is 0 Å². The van der Waals surface area contributed by atoms with Crippen LogP contribution in [0.2, 0.25) is 0 Å². The summed E-state index contributed by atoms with van der Waals surface area (Å²) >= 11 is 2.20. The molecule has 4 aliphatic rings. The zero-order valence-electron chi connectivity index (χ0n) is 11.9. The first-order valence-electron chi connectivity index (χ1n) is 7.98. The molecule has 3 aliphatic carbocycles. The summed E-state index contributed by atoms with van der Waals surface area (Å²) in [6.07, 6.45) is 20.1. The number of hydrogen-bond donors (Lipinski definition) is 1. The van der Waals surface area contributed by atoms with Crippen molar-refractivity contribution < 1.29 is 0 Å². The SMILES string of the molecule is NC1=C(C2C=CC=CC2)C2SC3C=CCCC3C2CC1. The zero-order chi connectivity index (χ0) is 13.5. The second kappa shape index (κ2) is 5.14. The molecule has 1 fully saturated rings. The largest absolute Gasteiger partial charge is 0.402 e. The Balaban J connectivity index is 1.66. The summed E-state index contributed by atoms with van der Waals surface area (Å²) in [5, 5.41) is 1.44. The van der Waals surface area contributed by atoms with Crippen LogP contribution in [-0.4, -0.2) is 10.5 Å². The molecule has 0 amide bonds. The quantitative estimate of drug-likeness (QED) is 0.731. The number of fused-ring (bicyclic) bond motifs is 3. The van der Waals surface area contributed by atoms with Crippen molar-refractivity contribution in [1.82, 2.24) is 0 Å². The Morgan fingerprint density at radius 2 is 2.00 bits per heavy atom. The first kappa shape index (κ1) is 12.8. The zero-order valence-corrected chi connectivity index (χ0v) is 12.7. The van der Waals surface area contributed by atoms with Crippen molar-refractivity contribution in [2.75, 3.05) is 0 Å². The molecule has 1 heterocycles. The predicted octanol–water partition coefficient (Wildman–Crippen LogP) is 4.19. The van der Waals surface area contributed by atoms with Gasteiger partial charge in [0.15, 0.2) is 0 Å². The first-order chi connectivity index (χ1) is 9.84. The van der Waals surface area contributed by atoms with Crippen molar-refractivity contribution in [2.24, 2.45) is 23.5 Å². The van der Waals surface area contributed by atoms with E-state index in [0.29, 0.717) is 11.2 Å². The highest BCUT2D eigenvalue weighted by Gasteiger charge is 2.47. The summed E-state index contributed by atoms with van der Waals surface area (Å²) in [4.78, 5) is 0. The van der Waals surface area contributed by atoms with Crippen LogP contribution in [0, 0.1) is 17.8 Å². The number of rotatable bonds is 1. The Hall–Kier alpha value is -0.890. The van der Waals surface area contributed by atoms with Crippen molar-refractivity contribution in [3.05, 3.63) is 47.7 Å². The van der Waals surface area contributed by atoms with E-state index < -0.39 is 0 Å². The van der Waals surface area contributed by atoms with E-state index in [9.17, 15) is 0 Å². The number of allylic oxidation sites excluding steroid dienone is 6. The van der Waals surface area contributed by atoms with Gasteiger partial charge in [0.1, 0.15) is 0 Å². The standard InChI is InChI=1S/C18H23NS/c19-15-11-10-14-13-8-4-5-9-16(13)20-18(14)17(15)12-6-2-1-3-7-12/h1-3,5-6,9,12-14,16,18H,4,7-8,10-11,19H2. The normalized spacial score (nSPS) is 42.7. The summed E-state index contributed by atoms with van der Waals surface area (Å²) in [5.41, 5.74) is 9.22. The van der Waals surface area contributed by atoms with Crippen molar-refractivity contribution in [2.45, 2.75) is 42.6 Å². The Morgan fingerprint density at radius 1 is 1.05 bits per heavy atom. The van der Waals surface area contributed by atoms with E-state index in [2.05, 4.69) is 48.2 Å². The highest BCUT2D eigenvalue weighted by atomic mass is 32.2. The van der Waals surface area contributed by atoms with Crippen molar-refractivity contribution in [3.63, 3.8) is 0 Å². The molecule has 4 rings (SSSR count). The lowest BCUT2D eigenvalue weighted by Crippen LogP contribution is -2.32. The smallest absolute Gasteiger partial charge is 0.0319 e. The van der Waals surface area contributed by atoms with Crippen LogP contribution < -0.4 is 5.73 Å². The molecule has 0 saturated carbocycles. The monoisotopic (exact) mass is 285 g/mol. The lowest BCUT2D eigenvalue weighted by atomic mass is 9.71. The van der Waals surface area contributed by atoms with Gasteiger partial charge in [-0.15, -0.1) is 11.8 Å². The van der Waals surface area contributed by atoms with Crippen LogP contribution >= 0.6 is 11.8 Å². The molecule has 2 heteroatoms. The number of hydrogen-bond acceptors (Lipinski definition) is 2. The van der Waals surface area contributed by atoms with Gasteiger partial charge in [0.25, 0.3) is 0 Å². The van der Waals surface area contributed by atoms with Gasteiger partial charge >= 0.3 is 0 Å². The molecule has 5 unspecified atom stereocenters. The average Bonchev–Trinajstić information content (AvgIpc) is 2.86. The highest BCUT2D eigenvalue weighted by Crippen LogP contribution is 2.55. The molecular weight excluding hydrogens is 262 g/mol. The molecule has 0 radical (unpaired) electrons. The predicted molar refractivity (Wildman–Crippen MR) is 87.4 cm³/mol. The Bertz CT molecular complexity index is 514. The Labute approximate surface area is 126 Å². The molecule has 0 aromatic heterocycles. The third-order valence-corrected chi connectivity index (χ3v) is 7.18. The molecule has 20 heavy (non-hydrogen) atoms. The second-order valence-corrected chi connectivity index (χ2v) is 7.85. The van der Waals surface area contributed by atoms with Gasteiger partial charge in [-0.25, -0.2) is 0 Å². The van der Waals surface area contributed by atoms with E-state index in [4.69, 9.17) is 5.73 Å². The van der Waals surface area contributed by atoms with Gasteiger partial charge in [-0.2, -0.15) is 0 Å². The molecule has 106 valence electrons. The molecular formula is C18H23NS. The highest BCUT2D eigenvalue weighted by molar-refractivity contribution is 8.01. The molecule has 2 N–H and O–H groups in total. The fraction of sp³-hybridized carbons (Fsp3) is 0.556. The van der Waals surface area contributed by atoms with Crippen LogP contribution in [0.25, 0.3) is 0 Å². The van der Waals surface area contributed by atoms with Crippen LogP contribution in [0.4, 0.5) is 0 Å². The lowest BCUT2D eigenvalue weighted by Gasteiger charge is -2.35. The molecule has 0 bridgehead atoms. The van der Waals surface area contributed by atoms with E-state index in [1.54, 1.807) is 5.57 Å². The molecule has 1 nitrogen and oxygen atoms in total.